The lowest BCUT2D eigenvalue weighted by Gasteiger charge is -2.30. The number of nitrogens with zero attached hydrogens (tertiary/aromatic N) is 6. The monoisotopic (exact) mass is 290 g/mol. The Kier molecular flexibility index (Phi) is 3.16. The van der Waals surface area contributed by atoms with Gasteiger partial charge in [-0.2, -0.15) is 10.2 Å². The van der Waals surface area contributed by atoms with Crippen molar-refractivity contribution in [3.63, 3.8) is 0 Å². The molecule has 1 amide bonds. The summed E-state index contributed by atoms with van der Waals surface area (Å²) >= 11 is 0. The van der Waals surface area contributed by atoms with E-state index in [1.165, 1.54) is 10.9 Å². The van der Waals surface area contributed by atoms with Crippen molar-refractivity contribution in [1.29, 1.82) is 0 Å². The number of hydrogen-bond donors (Lipinski definition) is 0. The van der Waals surface area contributed by atoms with Crippen molar-refractivity contribution in [2.24, 2.45) is 7.05 Å². The Labute approximate surface area is 119 Å². The van der Waals surface area contributed by atoms with Crippen LogP contribution in [0.1, 0.15) is 18.9 Å². The number of carbonyl (C=O) groups is 1. The molecule has 110 valence electrons. The molecule has 1 fully saturated rings. The van der Waals surface area contributed by atoms with Crippen LogP contribution in [0.4, 0.5) is 11.5 Å². The van der Waals surface area contributed by atoms with Crippen molar-refractivity contribution in [2.45, 2.75) is 18.9 Å². The van der Waals surface area contributed by atoms with Crippen LogP contribution < -0.4 is 4.90 Å². The number of aromatic nitrogens is 4. The lowest BCUT2D eigenvalue weighted by Crippen LogP contribution is -2.42. The zero-order valence-corrected chi connectivity index (χ0v) is 11.4. The minimum Gasteiger partial charge on any atom is -0.293 e. The van der Waals surface area contributed by atoms with E-state index in [0.29, 0.717) is 18.8 Å². The molecule has 1 atom stereocenters. The van der Waals surface area contributed by atoms with E-state index < -0.39 is 11.0 Å². The quantitative estimate of drug-likeness (QED) is 0.617. The van der Waals surface area contributed by atoms with Gasteiger partial charge in [0.15, 0.2) is 5.82 Å². The van der Waals surface area contributed by atoms with Gasteiger partial charge in [-0.25, -0.2) is 0 Å². The molecule has 3 rings (SSSR count). The molecule has 0 aromatic carbocycles. The molecule has 9 nitrogen and oxygen atoms in total. The molecule has 1 saturated heterocycles. The molecule has 0 unspecified atom stereocenters. The first-order chi connectivity index (χ1) is 10.1. The number of nitro groups is 1. The van der Waals surface area contributed by atoms with Gasteiger partial charge >= 0.3 is 5.69 Å². The number of anilines is 1. The Morgan fingerprint density at radius 3 is 2.90 bits per heavy atom. The van der Waals surface area contributed by atoms with E-state index in [2.05, 4.69) is 10.2 Å². The average molecular weight is 290 g/mol. The van der Waals surface area contributed by atoms with Crippen LogP contribution in [0, 0.1) is 10.1 Å². The van der Waals surface area contributed by atoms with Gasteiger partial charge in [0.05, 0.1) is 4.92 Å². The highest BCUT2D eigenvalue weighted by Crippen LogP contribution is 2.27. The fourth-order valence-electron chi connectivity index (χ4n) is 2.47. The molecule has 3 heterocycles. The SMILES string of the molecule is Cn1ccc(N2CCC[C@@H](n3cc([N+](=O)[O-])cn3)C2=O)n1. The number of aryl methyl sites for hydroxylation is 1. The number of rotatable bonds is 3. The summed E-state index contributed by atoms with van der Waals surface area (Å²) in [6, 6.07) is 1.25. The zero-order chi connectivity index (χ0) is 15.0. The predicted molar refractivity (Wildman–Crippen MR) is 72.7 cm³/mol. The lowest BCUT2D eigenvalue weighted by atomic mass is 10.1. The first-order valence-electron chi connectivity index (χ1n) is 6.56. The van der Waals surface area contributed by atoms with Crippen molar-refractivity contribution >= 4 is 17.4 Å². The van der Waals surface area contributed by atoms with Gasteiger partial charge in [-0.1, -0.05) is 0 Å². The number of hydrogen-bond acceptors (Lipinski definition) is 5. The van der Waals surface area contributed by atoms with E-state index in [4.69, 9.17) is 0 Å². The maximum atomic E-state index is 12.6. The smallest absolute Gasteiger partial charge is 0.293 e. The first kappa shape index (κ1) is 13.3. The minimum absolute atomic E-state index is 0.113. The molecule has 0 bridgehead atoms. The van der Waals surface area contributed by atoms with Gasteiger partial charge in [0, 0.05) is 25.9 Å². The summed E-state index contributed by atoms with van der Waals surface area (Å²) in [5.74, 6) is 0.451. The summed E-state index contributed by atoms with van der Waals surface area (Å²) in [4.78, 5) is 24.4. The summed E-state index contributed by atoms with van der Waals surface area (Å²) in [7, 11) is 1.78. The molecule has 1 aliphatic heterocycles. The highest BCUT2D eigenvalue weighted by Gasteiger charge is 2.33. The van der Waals surface area contributed by atoms with Gasteiger partial charge in [0.25, 0.3) is 5.91 Å². The molecular formula is C12H14N6O3. The third-order valence-corrected chi connectivity index (χ3v) is 3.50. The summed E-state index contributed by atoms with van der Waals surface area (Å²) in [6.45, 7) is 0.593. The lowest BCUT2D eigenvalue weighted by molar-refractivity contribution is -0.385. The van der Waals surface area contributed by atoms with Crippen molar-refractivity contribution in [3.05, 3.63) is 34.8 Å². The topological polar surface area (TPSA) is 99.1 Å². The van der Waals surface area contributed by atoms with Crippen LogP contribution in [-0.2, 0) is 11.8 Å². The Morgan fingerprint density at radius 1 is 1.48 bits per heavy atom. The second-order valence-corrected chi connectivity index (χ2v) is 4.93. The average Bonchev–Trinajstić information content (AvgIpc) is 3.08. The summed E-state index contributed by atoms with van der Waals surface area (Å²) < 4.78 is 3.00. The largest absolute Gasteiger partial charge is 0.307 e. The summed E-state index contributed by atoms with van der Waals surface area (Å²) in [6.07, 6.45) is 5.63. The molecule has 2 aromatic rings. The van der Waals surface area contributed by atoms with E-state index >= 15 is 0 Å². The van der Waals surface area contributed by atoms with Gasteiger partial charge in [-0.05, 0) is 12.8 Å². The van der Waals surface area contributed by atoms with Crippen LogP contribution >= 0.6 is 0 Å². The van der Waals surface area contributed by atoms with Crippen LogP contribution in [0.3, 0.4) is 0 Å². The summed E-state index contributed by atoms with van der Waals surface area (Å²) in [5, 5.41) is 18.9. The second-order valence-electron chi connectivity index (χ2n) is 4.93. The molecule has 9 heteroatoms. The van der Waals surface area contributed by atoms with E-state index in [-0.39, 0.29) is 11.6 Å². The van der Waals surface area contributed by atoms with Crippen molar-refractivity contribution < 1.29 is 9.72 Å². The molecule has 1 aliphatic rings. The Bertz CT molecular complexity index is 691. The molecule has 0 aliphatic carbocycles. The highest BCUT2D eigenvalue weighted by atomic mass is 16.6. The molecule has 21 heavy (non-hydrogen) atoms. The standard InChI is InChI=1S/C12H14N6O3/c1-15-6-4-11(14-15)16-5-2-3-10(12(16)19)17-8-9(7-13-17)18(20)21/h4,6-8,10H,2-3,5H2,1H3/t10-/m1/s1. The van der Waals surface area contributed by atoms with E-state index in [1.54, 1.807) is 28.9 Å². The van der Waals surface area contributed by atoms with Crippen molar-refractivity contribution in [3.8, 4) is 0 Å². The predicted octanol–water partition coefficient (Wildman–Crippen LogP) is 0.893. The van der Waals surface area contributed by atoms with E-state index in [0.717, 1.165) is 12.6 Å². The fourth-order valence-corrected chi connectivity index (χ4v) is 2.47. The van der Waals surface area contributed by atoms with Gasteiger partial charge in [-0.3, -0.25) is 29.2 Å². The van der Waals surface area contributed by atoms with Crippen molar-refractivity contribution in [1.82, 2.24) is 19.6 Å². The Morgan fingerprint density at radius 2 is 2.29 bits per heavy atom. The third kappa shape index (κ3) is 2.37. The first-order valence-corrected chi connectivity index (χ1v) is 6.56. The van der Waals surface area contributed by atoms with E-state index in [1.807, 2.05) is 0 Å². The molecular weight excluding hydrogens is 276 g/mol. The Balaban J connectivity index is 1.86. The van der Waals surface area contributed by atoms with Crippen LogP contribution in [0.25, 0.3) is 0 Å². The molecule has 0 N–H and O–H groups in total. The second kappa shape index (κ2) is 5.00. The zero-order valence-electron chi connectivity index (χ0n) is 11.4. The minimum atomic E-state index is -0.521. The number of piperidine rings is 1. The normalized spacial score (nSPS) is 19.0. The van der Waals surface area contributed by atoms with Gasteiger partial charge < -0.3 is 0 Å². The summed E-state index contributed by atoms with van der Waals surface area (Å²) in [5.41, 5.74) is -0.113. The molecule has 2 aromatic heterocycles. The Hall–Kier alpha value is -2.71. The maximum absolute atomic E-state index is 12.6. The third-order valence-electron chi connectivity index (χ3n) is 3.50. The van der Waals surface area contributed by atoms with Crippen LogP contribution in [0.15, 0.2) is 24.7 Å². The molecule has 0 radical (unpaired) electrons. The molecule has 0 spiro atoms. The number of amides is 1. The fraction of sp³-hybridized carbons (Fsp3) is 0.417. The van der Waals surface area contributed by atoms with Gasteiger partial charge in [0.2, 0.25) is 0 Å². The van der Waals surface area contributed by atoms with Crippen LogP contribution in [-0.4, -0.2) is 36.9 Å². The van der Waals surface area contributed by atoms with Crippen LogP contribution in [0.5, 0.6) is 0 Å². The number of carbonyl (C=O) groups excluding carboxylic acids is 1. The molecule has 0 saturated carbocycles. The van der Waals surface area contributed by atoms with Crippen molar-refractivity contribution in [2.75, 3.05) is 11.4 Å². The van der Waals surface area contributed by atoms with Crippen LogP contribution in [0.2, 0.25) is 0 Å². The van der Waals surface area contributed by atoms with E-state index in [9.17, 15) is 14.9 Å². The maximum Gasteiger partial charge on any atom is 0.307 e. The van der Waals surface area contributed by atoms with Gasteiger partial charge in [0.1, 0.15) is 18.4 Å². The van der Waals surface area contributed by atoms with Gasteiger partial charge in [-0.15, -0.1) is 0 Å². The highest BCUT2D eigenvalue weighted by molar-refractivity contribution is 5.95.